The topological polar surface area (TPSA) is 26.0 Å². The van der Waals surface area contributed by atoms with E-state index in [9.17, 15) is 0 Å². The molecule has 0 fully saturated rings. The monoisotopic (exact) mass is 145 g/mol. The Morgan fingerprint density at radius 2 is 2.36 bits per heavy atom. The molecule has 11 heavy (non-hydrogen) atoms. The summed E-state index contributed by atoms with van der Waals surface area (Å²) in [5.74, 6) is 5.84. The summed E-state index contributed by atoms with van der Waals surface area (Å²) in [5.41, 5.74) is 7.47. The van der Waals surface area contributed by atoms with Crippen molar-refractivity contribution < 1.29 is 0 Å². The van der Waals surface area contributed by atoms with Gasteiger partial charge in [-0.2, -0.15) is 0 Å². The highest BCUT2D eigenvalue weighted by Gasteiger charge is 1.93. The Kier molecular flexibility index (Phi) is 2.57. The highest BCUT2D eigenvalue weighted by Crippen LogP contribution is 2.07. The SMILES string of the molecule is CC#CC1=CC(N)=CC=CC1. The average molecular weight is 145 g/mol. The number of allylic oxidation sites excluding steroid dienone is 5. The Labute approximate surface area is 67.3 Å². The number of hydrogen-bond donors (Lipinski definition) is 1. The molecule has 0 radical (unpaired) electrons. The van der Waals surface area contributed by atoms with Gasteiger partial charge in [-0.25, -0.2) is 0 Å². The summed E-state index contributed by atoms with van der Waals surface area (Å²) in [6.45, 7) is 1.83. The standard InChI is InChI=1S/C10H11N/c1-2-5-9-6-3-4-7-10(11)8-9/h3-4,7-8H,6,11H2,1H3. The molecule has 0 unspecified atom stereocenters. The number of rotatable bonds is 0. The number of nitrogens with two attached hydrogens (primary N) is 1. The molecule has 0 aromatic rings. The molecule has 0 bridgehead atoms. The zero-order valence-electron chi connectivity index (χ0n) is 6.59. The van der Waals surface area contributed by atoms with E-state index in [-0.39, 0.29) is 0 Å². The quantitative estimate of drug-likeness (QED) is 0.516. The van der Waals surface area contributed by atoms with E-state index in [1.54, 1.807) is 0 Å². The lowest BCUT2D eigenvalue weighted by molar-refractivity contribution is 1.30. The highest BCUT2D eigenvalue weighted by molar-refractivity contribution is 5.39. The third-order valence-corrected chi connectivity index (χ3v) is 1.39. The second-order valence-corrected chi connectivity index (χ2v) is 2.34. The average Bonchev–Trinajstić information content (AvgIpc) is 2.15. The van der Waals surface area contributed by atoms with Crippen molar-refractivity contribution in [2.45, 2.75) is 13.3 Å². The fourth-order valence-electron chi connectivity index (χ4n) is 0.930. The van der Waals surface area contributed by atoms with Gasteiger partial charge in [0.15, 0.2) is 0 Å². The molecule has 0 aromatic heterocycles. The fraction of sp³-hybridized carbons (Fsp3) is 0.200. The molecule has 1 heteroatoms. The van der Waals surface area contributed by atoms with Crippen LogP contribution in [0, 0.1) is 11.8 Å². The van der Waals surface area contributed by atoms with Crippen LogP contribution in [0.15, 0.2) is 35.6 Å². The van der Waals surface area contributed by atoms with E-state index >= 15 is 0 Å². The van der Waals surface area contributed by atoms with Crippen molar-refractivity contribution in [3.8, 4) is 11.8 Å². The summed E-state index contributed by atoms with van der Waals surface area (Å²) in [7, 11) is 0. The third-order valence-electron chi connectivity index (χ3n) is 1.39. The summed E-state index contributed by atoms with van der Waals surface area (Å²) in [6.07, 6.45) is 8.69. The lowest BCUT2D eigenvalue weighted by Gasteiger charge is -1.91. The molecule has 1 nitrogen and oxygen atoms in total. The van der Waals surface area contributed by atoms with E-state index in [2.05, 4.69) is 17.9 Å². The minimum Gasteiger partial charge on any atom is -0.399 e. The molecule has 56 valence electrons. The van der Waals surface area contributed by atoms with Crippen LogP contribution in [0.25, 0.3) is 0 Å². The molecule has 0 aromatic carbocycles. The summed E-state index contributed by atoms with van der Waals surface area (Å²) in [6, 6.07) is 0. The summed E-state index contributed by atoms with van der Waals surface area (Å²) in [4.78, 5) is 0. The first kappa shape index (κ1) is 7.68. The van der Waals surface area contributed by atoms with Crippen molar-refractivity contribution in [1.82, 2.24) is 0 Å². The molecule has 0 spiro atoms. The Morgan fingerprint density at radius 1 is 1.55 bits per heavy atom. The summed E-state index contributed by atoms with van der Waals surface area (Å²) < 4.78 is 0. The van der Waals surface area contributed by atoms with Gasteiger partial charge in [0.2, 0.25) is 0 Å². The van der Waals surface area contributed by atoms with Gasteiger partial charge in [0.25, 0.3) is 0 Å². The predicted molar refractivity (Wildman–Crippen MR) is 47.6 cm³/mol. The molecule has 2 N–H and O–H groups in total. The van der Waals surface area contributed by atoms with Crippen LogP contribution in [0.2, 0.25) is 0 Å². The molecule has 0 saturated heterocycles. The maximum absolute atomic E-state index is 5.62. The van der Waals surface area contributed by atoms with Crippen molar-refractivity contribution >= 4 is 0 Å². The first-order valence-electron chi connectivity index (χ1n) is 3.58. The van der Waals surface area contributed by atoms with Crippen LogP contribution < -0.4 is 5.73 Å². The van der Waals surface area contributed by atoms with Gasteiger partial charge in [-0.15, -0.1) is 5.92 Å². The van der Waals surface area contributed by atoms with Crippen LogP contribution in [0.5, 0.6) is 0 Å². The molecule has 0 heterocycles. The Hall–Kier alpha value is -1.42. The Morgan fingerprint density at radius 3 is 3.09 bits per heavy atom. The van der Waals surface area contributed by atoms with Crippen molar-refractivity contribution in [1.29, 1.82) is 0 Å². The first-order valence-corrected chi connectivity index (χ1v) is 3.58. The second kappa shape index (κ2) is 3.68. The lowest BCUT2D eigenvalue weighted by Crippen LogP contribution is -1.92. The molecule has 1 aliphatic carbocycles. The van der Waals surface area contributed by atoms with E-state index in [0.717, 1.165) is 17.7 Å². The zero-order valence-corrected chi connectivity index (χ0v) is 6.59. The molecule has 0 aliphatic heterocycles. The predicted octanol–water partition coefficient (Wildman–Crippen LogP) is 1.74. The van der Waals surface area contributed by atoms with Crippen LogP contribution in [-0.2, 0) is 0 Å². The molecule has 1 aliphatic rings. The van der Waals surface area contributed by atoms with Gasteiger partial charge in [-0.3, -0.25) is 0 Å². The Balaban J connectivity index is 2.87. The van der Waals surface area contributed by atoms with E-state index < -0.39 is 0 Å². The smallest absolute Gasteiger partial charge is 0.0323 e. The van der Waals surface area contributed by atoms with Crippen molar-refractivity contribution in [2.75, 3.05) is 0 Å². The minimum atomic E-state index is 0.775. The molecule has 1 rings (SSSR count). The highest BCUT2D eigenvalue weighted by atomic mass is 14.6. The van der Waals surface area contributed by atoms with Crippen LogP contribution in [0.4, 0.5) is 0 Å². The molecule has 0 saturated carbocycles. The fourth-order valence-corrected chi connectivity index (χ4v) is 0.930. The summed E-state index contributed by atoms with van der Waals surface area (Å²) >= 11 is 0. The van der Waals surface area contributed by atoms with Gasteiger partial charge in [-0.1, -0.05) is 18.1 Å². The van der Waals surface area contributed by atoms with Crippen LogP contribution >= 0.6 is 0 Å². The van der Waals surface area contributed by atoms with Gasteiger partial charge >= 0.3 is 0 Å². The van der Waals surface area contributed by atoms with E-state index in [1.807, 2.05) is 25.2 Å². The maximum Gasteiger partial charge on any atom is 0.0323 e. The van der Waals surface area contributed by atoms with Crippen LogP contribution in [0.1, 0.15) is 13.3 Å². The van der Waals surface area contributed by atoms with Crippen molar-refractivity contribution in [2.24, 2.45) is 5.73 Å². The first-order chi connectivity index (χ1) is 5.33. The van der Waals surface area contributed by atoms with Crippen LogP contribution in [-0.4, -0.2) is 0 Å². The van der Waals surface area contributed by atoms with Gasteiger partial charge in [0, 0.05) is 11.3 Å². The van der Waals surface area contributed by atoms with E-state index in [1.165, 1.54) is 0 Å². The van der Waals surface area contributed by atoms with Crippen molar-refractivity contribution in [3.63, 3.8) is 0 Å². The van der Waals surface area contributed by atoms with E-state index in [4.69, 9.17) is 5.73 Å². The van der Waals surface area contributed by atoms with Crippen LogP contribution in [0.3, 0.4) is 0 Å². The minimum absolute atomic E-state index is 0.775. The van der Waals surface area contributed by atoms with Gasteiger partial charge in [-0.05, 0) is 25.5 Å². The van der Waals surface area contributed by atoms with Gasteiger partial charge in [0.1, 0.15) is 0 Å². The summed E-state index contributed by atoms with van der Waals surface area (Å²) in [5, 5.41) is 0. The largest absolute Gasteiger partial charge is 0.399 e. The lowest BCUT2D eigenvalue weighted by atomic mass is 10.2. The van der Waals surface area contributed by atoms with Gasteiger partial charge < -0.3 is 5.73 Å². The normalized spacial score (nSPS) is 15.7. The van der Waals surface area contributed by atoms with Crippen molar-refractivity contribution in [3.05, 3.63) is 35.6 Å². The third kappa shape index (κ3) is 2.35. The molecular weight excluding hydrogens is 134 g/mol. The maximum atomic E-state index is 5.62. The number of hydrogen-bond acceptors (Lipinski definition) is 1. The second-order valence-electron chi connectivity index (χ2n) is 2.34. The Bertz CT molecular complexity index is 282. The molecule has 0 atom stereocenters. The van der Waals surface area contributed by atoms with E-state index in [0.29, 0.717) is 0 Å². The zero-order chi connectivity index (χ0) is 8.10. The van der Waals surface area contributed by atoms with Gasteiger partial charge in [0.05, 0.1) is 0 Å². The molecule has 0 amide bonds. The molecular formula is C10H11N.